The molecule has 0 unspecified atom stereocenters. The highest BCUT2D eigenvalue weighted by molar-refractivity contribution is 7.08. The Balaban J connectivity index is 1.76. The summed E-state index contributed by atoms with van der Waals surface area (Å²) in [6.07, 6.45) is 0.648. The molecule has 6 nitrogen and oxygen atoms in total. The molecule has 3 aromatic rings. The van der Waals surface area contributed by atoms with Gasteiger partial charge in [-0.1, -0.05) is 41.7 Å². The van der Waals surface area contributed by atoms with Crippen LogP contribution in [0.25, 0.3) is 0 Å². The predicted octanol–water partition coefficient (Wildman–Crippen LogP) is 2.91. The van der Waals surface area contributed by atoms with Crippen LogP contribution >= 0.6 is 11.3 Å². The van der Waals surface area contributed by atoms with E-state index in [1.807, 2.05) is 30.3 Å². The molecule has 0 aliphatic carbocycles. The number of hydrogen-bond acceptors (Lipinski definition) is 6. The molecule has 0 fully saturated rings. The van der Waals surface area contributed by atoms with Crippen molar-refractivity contribution in [3.63, 3.8) is 0 Å². The second-order valence-electron chi connectivity index (χ2n) is 5.61. The van der Waals surface area contributed by atoms with E-state index in [4.69, 9.17) is 14.9 Å². The Morgan fingerprint density at radius 2 is 1.85 bits per heavy atom. The van der Waals surface area contributed by atoms with E-state index in [0.717, 1.165) is 10.6 Å². The number of carbonyl (C=O) groups is 1. The second-order valence-corrected chi connectivity index (χ2v) is 6.68. The van der Waals surface area contributed by atoms with Crippen molar-refractivity contribution in [3.05, 3.63) is 69.5 Å². The number of methoxy groups -OCH3 is 2. The van der Waals surface area contributed by atoms with Gasteiger partial charge in [0.25, 0.3) is 0 Å². The molecule has 0 saturated heterocycles. The van der Waals surface area contributed by atoms with Gasteiger partial charge in [-0.15, -0.1) is 0 Å². The number of aromatic nitrogens is 2. The minimum absolute atomic E-state index is 0.0135. The molecule has 1 aromatic heterocycles. The minimum atomic E-state index is -0.138. The van der Waals surface area contributed by atoms with E-state index >= 15 is 0 Å². The highest BCUT2D eigenvalue weighted by atomic mass is 32.1. The average Bonchev–Trinajstić information content (AvgIpc) is 3.00. The Bertz CT molecular complexity index is 964. The third-order valence-electron chi connectivity index (χ3n) is 3.88. The fourth-order valence-electron chi connectivity index (χ4n) is 2.55. The fraction of sp³-hybridized carbons (Fsp3) is 0.211. The smallest absolute Gasteiger partial charge is 0.200 e. The van der Waals surface area contributed by atoms with Crippen LogP contribution in [0.1, 0.15) is 20.9 Å². The maximum absolute atomic E-state index is 12.6. The second kappa shape index (κ2) is 7.97. The molecular weight excluding hydrogens is 350 g/mol. The van der Waals surface area contributed by atoms with E-state index in [1.165, 1.54) is 23.1 Å². The number of nitrogens with zero attached hydrogens (tertiary/aromatic N) is 2. The van der Waals surface area contributed by atoms with E-state index in [9.17, 15) is 4.79 Å². The standard InChI is InChI=1S/C19H19N3O3S/c1-24-16-9-8-14(11-17(16)25-2)15(23)12-22-19(20)26-18(21-22)10-13-6-4-3-5-7-13/h3-9,11,20H,10,12H2,1-2H3. The molecule has 0 amide bonds. The zero-order valence-corrected chi connectivity index (χ0v) is 15.4. The van der Waals surface area contributed by atoms with E-state index in [1.54, 1.807) is 25.3 Å². The third kappa shape index (κ3) is 4.00. The largest absolute Gasteiger partial charge is 0.493 e. The van der Waals surface area contributed by atoms with Crippen LogP contribution in [0, 0.1) is 5.41 Å². The van der Waals surface area contributed by atoms with Crippen LogP contribution in [0.5, 0.6) is 11.5 Å². The van der Waals surface area contributed by atoms with Gasteiger partial charge in [-0.2, -0.15) is 5.10 Å². The van der Waals surface area contributed by atoms with Crippen molar-refractivity contribution in [2.24, 2.45) is 0 Å². The van der Waals surface area contributed by atoms with Crippen molar-refractivity contribution in [2.75, 3.05) is 14.2 Å². The summed E-state index contributed by atoms with van der Waals surface area (Å²) in [7, 11) is 3.07. The van der Waals surface area contributed by atoms with Gasteiger partial charge in [0.1, 0.15) is 11.6 Å². The lowest BCUT2D eigenvalue weighted by Crippen LogP contribution is -2.21. The van der Waals surface area contributed by atoms with Crippen LogP contribution in [0.15, 0.2) is 48.5 Å². The molecule has 1 N–H and O–H groups in total. The van der Waals surface area contributed by atoms with Gasteiger partial charge in [-0.3, -0.25) is 10.2 Å². The van der Waals surface area contributed by atoms with E-state index in [-0.39, 0.29) is 17.1 Å². The molecule has 7 heteroatoms. The first-order valence-electron chi connectivity index (χ1n) is 8.01. The first-order valence-corrected chi connectivity index (χ1v) is 8.83. The maximum Gasteiger partial charge on any atom is 0.200 e. The molecule has 0 aliphatic heterocycles. The van der Waals surface area contributed by atoms with Crippen LogP contribution in [0.2, 0.25) is 0 Å². The lowest BCUT2D eigenvalue weighted by atomic mass is 10.1. The van der Waals surface area contributed by atoms with Crippen LogP contribution < -0.4 is 14.3 Å². The van der Waals surface area contributed by atoms with Crippen molar-refractivity contribution >= 4 is 17.1 Å². The quantitative estimate of drug-likeness (QED) is 0.650. The zero-order chi connectivity index (χ0) is 18.5. The van der Waals surface area contributed by atoms with Crippen LogP contribution in [0.4, 0.5) is 0 Å². The molecule has 1 heterocycles. The van der Waals surface area contributed by atoms with Crippen molar-refractivity contribution in [1.82, 2.24) is 9.78 Å². The van der Waals surface area contributed by atoms with Crippen LogP contribution in [-0.4, -0.2) is 29.8 Å². The van der Waals surface area contributed by atoms with Gasteiger partial charge < -0.3 is 9.47 Å². The summed E-state index contributed by atoms with van der Waals surface area (Å²) in [5.74, 6) is 0.926. The molecule has 3 rings (SSSR count). The molecule has 0 atom stereocenters. The van der Waals surface area contributed by atoms with Gasteiger partial charge in [-0.05, 0) is 23.8 Å². The number of benzene rings is 2. The monoisotopic (exact) mass is 369 g/mol. The van der Waals surface area contributed by atoms with Gasteiger partial charge in [0.05, 0.1) is 14.2 Å². The summed E-state index contributed by atoms with van der Waals surface area (Å²) < 4.78 is 11.9. The summed E-state index contributed by atoms with van der Waals surface area (Å²) in [5.41, 5.74) is 1.62. The molecule has 0 bridgehead atoms. The SMILES string of the molecule is COc1ccc(C(=O)Cn2nc(Cc3ccccc3)sc2=N)cc1OC. The van der Waals surface area contributed by atoms with E-state index < -0.39 is 0 Å². The molecule has 2 aromatic carbocycles. The Kier molecular flexibility index (Phi) is 5.48. The van der Waals surface area contributed by atoms with Gasteiger partial charge in [0.15, 0.2) is 17.3 Å². The third-order valence-corrected chi connectivity index (χ3v) is 4.74. The lowest BCUT2D eigenvalue weighted by molar-refractivity contribution is 0.0965. The van der Waals surface area contributed by atoms with Gasteiger partial charge in [0.2, 0.25) is 4.80 Å². The summed E-state index contributed by atoms with van der Waals surface area (Å²) in [6, 6.07) is 15.0. The number of carbonyl (C=O) groups excluding carboxylic acids is 1. The molecule has 26 heavy (non-hydrogen) atoms. The Hall–Kier alpha value is -2.93. The molecular formula is C19H19N3O3S. The van der Waals surface area contributed by atoms with Crippen molar-refractivity contribution in [1.29, 1.82) is 5.41 Å². The van der Waals surface area contributed by atoms with Crippen LogP contribution in [0.3, 0.4) is 0 Å². The van der Waals surface area contributed by atoms with Crippen LogP contribution in [-0.2, 0) is 13.0 Å². The number of ether oxygens (including phenoxy) is 2. The number of hydrogen-bond donors (Lipinski definition) is 1. The summed E-state index contributed by atoms with van der Waals surface area (Å²) in [6.45, 7) is 0.0135. The number of ketones is 1. The normalized spacial score (nSPS) is 10.5. The fourth-order valence-corrected chi connectivity index (χ4v) is 3.36. The predicted molar refractivity (Wildman–Crippen MR) is 99.1 cm³/mol. The lowest BCUT2D eigenvalue weighted by Gasteiger charge is -2.09. The molecule has 0 spiro atoms. The first kappa shape index (κ1) is 17.9. The minimum Gasteiger partial charge on any atom is -0.493 e. The van der Waals surface area contributed by atoms with E-state index in [0.29, 0.717) is 23.5 Å². The molecule has 0 saturated carbocycles. The average molecular weight is 369 g/mol. The summed E-state index contributed by atoms with van der Waals surface area (Å²) >= 11 is 1.28. The highest BCUT2D eigenvalue weighted by Crippen LogP contribution is 2.27. The van der Waals surface area contributed by atoms with Crippen molar-refractivity contribution < 1.29 is 14.3 Å². The Labute approximate surface area is 155 Å². The van der Waals surface area contributed by atoms with Crippen molar-refractivity contribution in [2.45, 2.75) is 13.0 Å². The number of nitrogens with one attached hydrogen (secondary N) is 1. The van der Waals surface area contributed by atoms with Gasteiger partial charge >= 0.3 is 0 Å². The molecule has 0 aliphatic rings. The molecule has 134 valence electrons. The molecule has 0 radical (unpaired) electrons. The summed E-state index contributed by atoms with van der Waals surface area (Å²) in [4.78, 5) is 12.8. The Morgan fingerprint density at radius 3 is 2.54 bits per heavy atom. The number of Topliss-reactive ketones (excluding diaryl/α,β-unsaturated/α-hetero) is 1. The number of rotatable bonds is 7. The first-order chi connectivity index (χ1) is 12.6. The van der Waals surface area contributed by atoms with Gasteiger partial charge in [0, 0.05) is 12.0 Å². The van der Waals surface area contributed by atoms with Gasteiger partial charge in [-0.25, -0.2) is 4.68 Å². The summed E-state index contributed by atoms with van der Waals surface area (Å²) in [5, 5.41) is 13.3. The maximum atomic E-state index is 12.6. The zero-order valence-electron chi connectivity index (χ0n) is 14.6. The topological polar surface area (TPSA) is 77.2 Å². The van der Waals surface area contributed by atoms with Crippen molar-refractivity contribution in [3.8, 4) is 11.5 Å². The Morgan fingerprint density at radius 1 is 1.12 bits per heavy atom. The van der Waals surface area contributed by atoms with E-state index in [2.05, 4.69) is 5.10 Å². The highest BCUT2D eigenvalue weighted by Gasteiger charge is 2.14.